The number of aromatic carboxylic acids is 1. The van der Waals surface area contributed by atoms with E-state index in [2.05, 4.69) is 15.2 Å². The van der Waals surface area contributed by atoms with Crippen LogP contribution >= 0.6 is 22.9 Å². The number of nitrogens with zero attached hydrogens (tertiary/aromatic N) is 4. The highest BCUT2D eigenvalue weighted by molar-refractivity contribution is 7.14. The summed E-state index contributed by atoms with van der Waals surface area (Å²) < 4.78 is 20.7. The average molecular weight is 433 g/mol. The summed E-state index contributed by atoms with van der Waals surface area (Å²) in [6.07, 6.45) is 2.69. The van der Waals surface area contributed by atoms with E-state index in [1.54, 1.807) is 41.1 Å². The fourth-order valence-electron chi connectivity index (χ4n) is 2.82. The van der Waals surface area contributed by atoms with Crippen LogP contribution in [0.5, 0.6) is 5.75 Å². The Bertz CT molecular complexity index is 1190. The number of aromatic nitrogens is 4. The number of halogens is 2. The Morgan fingerprint density at radius 2 is 2.10 bits per heavy atom. The van der Waals surface area contributed by atoms with Gasteiger partial charge >= 0.3 is 5.97 Å². The van der Waals surface area contributed by atoms with Crippen LogP contribution in [0.4, 0.5) is 4.39 Å². The second-order valence-electron chi connectivity index (χ2n) is 6.09. The molecule has 0 aliphatic carbocycles. The van der Waals surface area contributed by atoms with Gasteiger partial charge in [0.1, 0.15) is 0 Å². The Kier molecular flexibility index (Phi) is 5.41. The van der Waals surface area contributed by atoms with Gasteiger partial charge in [0.2, 0.25) is 0 Å². The van der Waals surface area contributed by atoms with Gasteiger partial charge in [-0.15, -0.1) is 21.5 Å². The highest BCUT2D eigenvalue weighted by atomic mass is 35.5. The maximum absolute atomic E-state index is 13.6. The topological polar surface area (TPSA) is 90.1 Å². The number of fused-ring (bicyclic) bond motifs is 1. The number of hydrogen-bond donors (Lipinski definition) is 1. The van der Waals surface area contributed by atoms with E-state index < -0.39 is 11.8 Å². The maximum atomic E-state index is 13.6. The van der Waals surface area contributed by atoms with Crippen molar-refractivity contribution in [3.63, 3.8) is 0 Å². The number of ether oxygens (including phenoxy) is 1. The van der Waals surface area contributed by atoms with Gasteiger partial charge in [-0.1, -0.05) is 23.7 Å². The van der Waals surface area contributed by atoms with Crippen LogP contribution in [0, 0.1) is 5.82 Å². The molecule has 0 bridgehead atoms. The first-order chi connectivity index (χ1) is 14.0. The van der Waals surface area contributed by atoms with E-state index >= 15 is 0 Å². The molecule has 0 unspecified atom stereocenters. The van der Waals surface area contributed by atoms with E-state index in [0.29, 0.717) is 28.5 Å². The van der Waals surface area contributed by atoms with Gasteiger partial charge in [-0.3, -0.25) is 4.57 Å². The summed E-state index contributed by atoms with van der Waals surface area (Å²) in [6, 6.07) is 9.63. The molecule has 29 heavy (non-hydrogen) atoms. The third kappa shape index (κ3) is 4.06. The molecule has 0 spiro atoms. The zero-order chi connectivity index (χ0) is 20.4. The molecule has 0 fully saturated rings. The second kappa shape index (κ2) is 8.14. The Hall–Kier alpha value is -3.04. The molecule has 148 valence electrons. The number of carbonyl (C=O) groups is 1. The lowest BCUT2D eigenvalue weighted by atomic mass is 10.2. The van der Waals surface area contributed by atoms with Crippen LogP contribution in [0.25, 0.3) is 16.2 Å². The number of carboxylic acids is 1. The van der Waals surface area contributed by atoms with Gasteiger partial charge in [0.25, 0.3) is 0 Å². The largest absolute Gasteiger partial charge is 0.491 e. The van der Waals surface area contributed by atoms with E-state index in [0.717, 1.165) is 5.39 Å². The van der Waals surface area contributed by atoms with Gasteiger partial charge in [0, 0.05) is 16.5 Å². The standard InChI is InChI=1S/C19H14ClFN4O3S/c20-15-10-11-7-8-25(17(11)24-23-15)19-22-16(18(26)27)14(29-19)6-3-9-28-13-5-2-1-4-12(13)21/h1-2,4-5,7-8,10H,3,6,9H2,(H,26,27). The molecule has 1 N–H and O–H groups in total. The molecule has 7 nitrogen and oxygen atoms in total. The smallest absolute Gasteiger partial charge is 0.355 e. The first kappa shape index (κ1) is 19.3. The Morgan fingerprint density at radius 1 is 1.28 bits per heavy atom. The monoisotopic (exact) mass is 432 g/mol. The van der Waals surface area contributed by atoms with Crippen molar-refractivity contribution in [3.8, 4) is 10.9 Å². The highest BCUT2D eigenvalue weighted by Crippen LogP contribution is 2.27. The lowest BCUT2D eigenvalue weighted by Gasteiger charge is -2.06. The first-order valence-electron chi connectivity index (χ1n) is 8.64. The van der Waals surface area contributed by atoms with Crippen LogP contribution in [0.2, 0.25) is 5.15 Å². The number of hydrogen-bond acceptors (Lipinski definition) is 6. The van der Waals surface area contributed by atoms with Crippen molar-refractivity contribution in [2.24, 2.45) is 0 Å². The third-order valence-electron chi connectivity index (χ3n) is 4.14. The molecule has 0 aliphatic rings. The van der Waals surface area contributed by atoms with Crippen molar-refractivity contribution in [1.82, 2.24) is 19.7 Å². The minimum atomic E-state index is -1.11. The molecular formula is C19H14ClFN4O3S. The van der Waals surface area contributed by atoms with Gasteiger partial charge in [0.15, 0.2) is 33.2 Å². The van der Waals surface area contributed by atoms with Crippen molar-refractivity contribution in [1.29, 1.82) is 0 Å². The van der Waals surface area contributed by atoms with Crippen LogP contribution < -0.4 is 4.74 Å². The Labute approximate surface area is 173 Å². The lowest BCUT2D eigenvalue weighted by Crippen LogP contribution is -2.04. The number of aryl methyl sites for hydroxylation is 1. The molecule has 3 aromatic heterocycles. The molecule has 4 aromatic rings. The van der Waals surface area contributed by atoms with Crippen LogP contribution in [0.1, 0.15) is 21.8 Å². The molecule has 0 amide bonds. The summed E-state index contributed by atoms with van der Waals surface area (Å²) in [7, 11) is 0. The molecule has 0 radical (unpaired) electrons. The SMILES string of the molecule is O=C(O)c1nc(-n2ccc3cc(Cl)nnc32)sc1CCCOc1ccccc1F. The number of rotatable bonds is 7. The predicted octanol–water partition coefficient (Wildman–Crippen LogP) is 4.38. The van der Waals surface area contributed by atoms with Gasteiger partial charge in [-0.2, -0.15) is 0 Å². The molecule has 0 saturated heterocycles. The van der Waals surface area contributed by atoms with E-state index in [1.807, 2.05) is 0 Å². The van der Waals surface area contributed by atoms with E-state index in [4.69, 9.17) is 16.3 Å². The van der Waals surface area contributed by atoms with E-state index in [9.17, 15) is 14.3 Å². The molecule has 3 heterocycles. The first-order valence-corrected chi connectivity index (χ1v) is 9.83. The van der Waals surface area contributed by atoms with Gasteiger partial charge in [-0.25, -0.2) is 14.2 Å². The summed E-state index contributed by atoms with van der Waals surface area (Å²) in [5, 5.41) is 18.9. The van der Waals surface area contributed by atoms with Crippen molar-refractivity contribution in [2.75, 3.05) is 6.61 Å². The van der Waals surface area contributed by atoms with Gasteiger partial charge in [0.05, 0.1) is 6.61 Å². The predicted molar refractivity (Wildman–Crippen MR) is 107 cm³/mol. The summed E-state index contributed by atoms with van der Waals surface area (Å²) in [6.45, 7) is 0.254. The van der Waals surface area contributed by atoms with Crippen molar-refractivity contribution in [3.05, 3.63) is 64.1 Å². The number of carboxylic acid groups (broad SMARTS) is 1. The fourth-order valence-corrected chi connectivity index (χ4v) is 4.05. The molecule has 10 heteroatoms. The van der Waals surface area contributed by atoms with Gasteiger partial charge in [-0.05, 0) is 37.1 Å². The van der Waals surface area contributed by atoms with Crippen LogP contribution in [0.3, 0.4) is 0 Å². The summed E-state index contributed by atoms with van der Waals surface area (Å²) in [5.41, 5.74) is 0.522. The lowest BCUT2D eigenvalue weighted by molar-refractivity contribution is 0.0690. The zero-order valence-corrected chi connectivity index (χ0v) is 16.5. The minimum Gasteiger partial charge on any atom is -0.491 e. The molecule has 0 atom stereocenters. The minimum absolute atomic E-state index is 0.0142. The van der Waals surface area contributed by atoms with Crippen molar-refractivity contribution >= 4 is 39.9 Å². The number of para-hydroxylation sites is 1. The van der Waals surface area contributed by atoms with E-state index in [-0.39, 0.29) is 23.2 Å². The molecular weight excluding hydrogens is 419 g/mol. The number of benzene rings is 1. The summed E-state index contributed by atoms with van der Waals surface area (Å²) >= 11 is 7.12. The Balaban J connectivity index is 1.52. The molecule has 0 saturated carbocycles. The maximum Gasteiger partial charge on any atom is 0.355 e. The fraction of sp³-hybridized carbons (Fsp3) is 0.158. The quantitative estimate of drug-likeness (QED) is 0.436. The molecule has 4 rings (SSSR count). The third-order valence-corrected chi connectivity index (χ3v) is 5.44. The van der Waals surface area contributed by atoms with Crippen LogP contribution in [-0.4, -0.2) is 37.4 Å². The normalized spacial score (nSPS) is 11.1. The molecule has 1 aromatic carbocycles. The summed E-state index contributed by atoms with van der Waals surface area (Å²) in [5.74, 6) is -1.37. The zero-order valence-electron chi connectivity index (χ0n) is 14.9. The summed E-state index contributed by atoms with van der Waals surface area (Å²) in [4.78, 5) is 16.5. The van der Waals surface area contributed by atoms with E-state index in [1.165, 1.54) is 17.4 Å². The van der Waals surface area contributed by atoms with Crippen molar-refractivity contribution in [2.45, 2.75) is 12.8 Å². The van der Waals surface area contributed by atoms with Crippen LogP contribution in [-0.2, 0) is 6.42 Å². The highest BCUT2D eigenvalue weighted by Gasteiger charge is 2.19. The second-order valence-corrected chi connectivity index (χ2v) is 7.54. The molecule has 0 aliphatic heterocycles. The average Bonchev–Trinajstić information content (AvgIpc) is 3.30. The Morgan fingerprint density at radius 3 is 2.90 bits per heavy atom. The number of thiazole rings is 1. The van der Waals surface area contributed by atoms with Crippen molar-refractivity contribution < 1.29 is 19.0 Å². The van der Waals surface area contributed by atoms with Gasteiger partial charge < -0.3 is 9.84 Å². The van der Waals surface area contributed by atoms with Crippen LogP contribution in [0.15, 0.2) is 42.6 Å².